The van der Waals surface area contributed by atoms with Crippen molar-refractivity contribution in [2.75, 3.05) is 19.6 Å². The number of carbonyl (C=O) groups is 1. The van der Waals surface area contributed by atoms with E-state index in [1.54, 1.807) is 4.90 Å². The molecular formula is C13H15F3N2O2. The van der Waals surface area contributed by atoms with Crippen LogP contribution in [0.2, 0.25) is 0 Å². The van der Waals surface area contributed by atoms with E-state index in [4.69, 9.17) is 5.11 Å². The third-order valence-corrected chi connectivity index (χ3v) is 3.34. The number of piperazine rings is 1. The zero-order chi connectivity index (χ0) is 14.8. The van der Waals surface area contributed by atoms with E-state index in [1.165, 1.54) is 0 Å². The van der Waals surface area contributed by atoms with E-state index < -0.39 is 18.3 Å². The maximum atomic E-state index is 12.9. The second kappa shape index (κ2) is 5.70. The Bertz CT molecular complexity index is 464. The van der Waals surface area contributed by atoms with Crippen LogP contribution in [-0.4, -0.2) is 52.9 Å². The van der Waals surface area contributed by atoms with Gasteiger partial charge in [0.05, 0.1) is 0 Å². The predicted molar refractivity (Wildman–Crippen MR) is 66.3 cm³/mol. The lowest BCUT2D eigenvalue weighted by Crippen LogP contribution is -2.60. The zero-order valence-electron chi connectivity index (χ0n) is 10.7. The van der Waals surface area contributed by atoms with Gasteiger partial charge in [-0.05, 0) is 5.56 Å². The second-order valence-electron chi connectivity index (χ2n) is 4.75. The summed E-state index contributed by atoms with van der Waals surface area (Å²) in [6, 6.07) is 7.20. The summed E-state index contributed by atoms with van der Waals surface area (Å²) in [6.45, 7) is 0.228. The van der Waals surface area contributed by atoms with Gasteiger partial charge < -0.3 is 5.11 Å². The highest BCUT2D eigenvalue weighted by atomic mass is 19.4. The van der Waals surface area contributed by atoms with Gasteiger partial charge in [-0.1, -0.05) is 30.3 Å². The molecule has 20 heavy (non-hydrogen) atoms. The molecule has 1 saturated heterocycles. The molecule has 0 radical (unpaired) electrons. The summed E-state index contributed by atoms with van der Waals surface area (Å²) in [7, 11) is 0. The molecule has 1 aromatic carbocycles. The van der Waals surface area contributed by atoms with Gasteiger partial charge >= 0.3 is 12.3 Å². The van der Waals surface area contributed by atoms with Gasteiger partial charge in [-0.25, -0.2) is 4.79 Å². The second-order valence-corrected chi connectivity index (χ2v) is 4.75. The summed E-state index contributed by atoms with van der Waals surface area (Å²) < 4.78 is 38.8. The average Bonchev–Trinajstić information content (AvgIpc) is 2.38. The van der Waals surface area contributed by atoms with E-state index in [0.717, 1.165) is 5.56 Å². The minimum atomic E-state index is -4.55. The molecular weight excluding hydrogens is 273 g/mol. The van der Waals surface area contributed by atoms with Gasteiger partial charge in [0.15, 0.2) is 0 Å². The van der Waals surface area contributed by atoms with Gasteiger partial charge in [-0.3, -0.25) is 9.80 Å². The normalized spacial score (nSPS) is 20.9. The van der Waals surface area contributed by atoms with Crippen molar-refractivity contribution in [1.82, 2.24) is 9.80 Å². The van der Waals surface area contributed by atoms with Crippen LogP contribution in [-0.2, 0) is 6.54 Å². The van der Waals surface area contributed by atoms with Crippen molar-refractivity contribution >= 4 is 6.09 Å². The number of amides is 1. The smallest absolute Gasteiger partial charge is 0.410 e. The number of carboxylic acid groups (broad SMARTS) is 1. The Morgan fingerprint density at radius 2 is 1.90 bits per heavy atom. The Labute approximate surface area is 114 Å². The molecule has 1 atom stereocenters. The Hall–Kier alpha value is -1.76. The highest BCUT2D eigenvalue weighted by Gasteiger charge is 2.48. The SMILES string of the molecule is O=C(O)N1CCN(Cc2ccccc2)CC1C(F)(F)F. The monoisotopic (exact) mass is 288 g/mol. The fourth-order valence-electron chi connectivity index (χ4n) is 2.33. The van der Waals surface area contributed by atoms with Gasteiger partial charge in [0.1, 0.15) is 6.04 Å². The molecule has 110 valence electrons. The van der Waals surface area contributed by atoms with Crippen molar-refractivity contribution in [3.63, 3.8) is 0 Å². The van der Waals surface area contributed by atoms with Crippen molar-refractivity contribution < 1.29 is 23.1 Å². The summed E-state index contributed by atoms with van der Waals surface area (Å²) in [5.41, 5.74) is 0.914. The first-order valence-electron chi connectivity index (χ1n) is 6.20. The quantitative estimate of drug-likeness (QED) is 0.909. The molecule has 0 saturated carbocycles. The number of nitrogens with zero attached hydrogens (tertiary/aromatic N) is 2. The summed E-state index contributed by atoms with van der Waals surface area (Å²) in [4.78, 5) is 13.0. The molecule has 0 bridgehead atoms. The Balaban J connectivity index is 2.07. The number of halogens is 3. The van der Waals surface area contributed by atoms with Crippen LogP contribution in [0.25, 0.3) is 0 Å². The van der Waals surface area contributed by atoms with Crippen molar-refractivity contribution in [2.45, 2.75) is 18.8 Å². The van der Waals surface area contributed by atoms with Crippen LogP contribution in [0.4, 0.5) is 18.0 Å². The topological polar surface area (TPSA) is 43.8 Å². The molecule has 0 aliphatic carbocycles. The third kappa shape index (κ3) is 3.41. The van der Waals surface area contributed by atoms with E-state index in [2.05, 4.69) is 0 Å². The fourth-order valence-corrected chi connectivity index (χ4v) is 2.33. The van der Waals surface area contributed by atoms with Gasteiger partial charge in [-0.15, -0.1) is 0 Å². The lowest BCUT2D eigenvalue weighted by Gasteiger charge is -2.40. The molecule has 0 spiro atoms. The van der Waals surface area contributed by atoms with Crippen molar-refractivity contribution in [2.24, 2.45) is 0 Å². The number of rotatable bonds is 2. The summed E-state index contributed by atoms with van der Waals surface area (Å²) in [6.07, 6.45) is -6.07. The number of hydrogen-bond donors (Lipinski definition) is 1. The van der Waals surface area contributed by atoms with E-state index in [9.17, 15) is 18.0 Å². The van der Waals surface area contributed by atoms with Crippen LogP contribution in [0.1, 0.15) is 5.56 Å². The number of hydrogen-bond acceptors (Lipinski definition) is 2. The highest BCUT2D eigenvalue weighted by Crippen LogP contribution is 2.28. The molecule has 1 N–H and O–H groups in total. The lowest BCUT2D eigenvalue weighted by molar-refractivity contribution is -0.191. The first-order chi connectivity index (χ1) is 9.38. The molecule has 2 rings (SSSR count). The van der Waals surface area contributed by atoms with Crippen LogP contribution in [0.5, 0.6) is 0 Å². The molecule has 1 aromatic rings. The van der Waals surface area contributed by atoms with Crippen LogP contribution in [0, 0.1) is 0 Å². The fraction of sp³-hybridized carbons (Fsp3) is 0.462. The first kappa shape index (κ1) is 14.6. The standard InChI is InChI=1S/C13H15F3N2O2/c14-13(15,16)11-9-17(6-7-18(11)12(19)20)8-10-4-2-1-3-5-10/h1-5,11H,6-9H2,(H,19,20). The first-order valence-corrected chi connectivity index (χ1v) is 6.20. The van der Waals surface area contributed by atoms with Gasteiger partial charge in [0.25, 0.3) is 0 Å². The number of benzene rings is 1. The molecule has 1 unspecified atom stereocenters. The van der Waals surface area contributed by atoms with Crippen LogP contribution < -0.4 is 0 Å². The van der Waals surface area contributed by atoms with Crippen LogP contribution in [0.15, 0.2) is 30.3 Å². The Morgan fingerprint density at radius 1 is 1.25 bits per heavy atom. The van der Waals surface area contributed by atoms with E-state index >= 15 is 0 Å². The summed E-state index contributed by atoms with van der Waals surface area (Å²) in [5, 5.41) is 8.86. The van der Waals surface area contributed by atoms with Crippen LogP contribution in [0.3, 0.4) is 0 Å². The third-order valence-electron chi connectivity index (χ3n) is 3.34. The van der Waals surface area contributed by atoms with Crippen LogP contribution >= 0.6 is 0 Å². The molecule has 1 aliphatic heterocycles. The summed E-state index contributed by atoms with van der Waals surface area (Å²) in [5.74, 6) is 0. The van der Waals surface area contributed by atoms with E-state index in [1.807, 2.05) is 30.3 Å². The van der Waals surface area contributed by atoms with Crippen molar-refractivity contribution in [1.29, 1.82) is 0 Å². The minimum Gasteiger partial charge on any atom is -0.465 e. The van der Waals surface area contributed by atoms with Crippen molar-refractivity contribution in [3.05, 3.63) is 35.9 Å². The van der Waals surface area contributed by atoms with Gasteiger partial charge in [0.2, 0.25) is 0 Å². The van der Waals surface area contributed by atoms with Gasteiger partial charge in [0, 0.05) is 26.2 Å². The average molecular weight is 288 g/mol. The maximum absolute atomic E-state index is 12.9. The summed E-state index contributed by atoms with van der Waals surface area (Å²) >= 11 is 0. The molecule has 4 nitrogen and oxygen atoms in total. The van der Waals surface area contributed by atoms with E-state index in [-0.39, 0.29) is 13.1 Å². The predicted octanol–water partition coefficient (Wildman–Crippen LogP) is 2.41. The highest BCUT2D eigenvalue weighted by molar-refractivity contribution is 5.65. The van der Waals surface area contributed by atoms with Crippen molar-refractivity contribution in [3.8, 4) is 0 Å². The lowest BCUT2D eigenvalue weighted by atomic mass is 10.1. The van der Waals surface area contributed by atoms with Gasteiger partial charge in [-0.2, -0.15) is 13.2 Å². The maximum Gasteiger partial charge on any atom is 0.410 e. The molecule has 1 aliphatic rings. The Kier molecular flexibility index (Phi) is 4.17. The molecule has 0 aromatic heterocycles. The minimum absolute atomic E-state index is 0.133. The van der Waals surface area contributed by atoms with E-state index in [0.29, 0.717) is 18.0 Å². The molecule has 7 heteroatoms. The number of alkyl halides is 3. The zero-order valence-corrected chi connectivity index (χ0v) is 10.7. The Morgan fingerprint density at radius 3 is 2.45 bits per heavy atom. The molecule has 1 heterocycles. The largest absolute Gasteiger partial charge is 0.465 e. The molecule has 1 amide bonds. The molecule has 1 fully saturated rings.